The van der Waals surface area contributed by atoms with Gasteiger partial charge in [-0.15, -0.1) is 0 Å². The molecule has 0 aliphatic heterocycles. The Balaban J connectivity index is 1.06. The fourth-order valence-electron chi connectivity index (χ4n) is 6.62. The van der Waals surface area contributed by atoms with Crippen LogP contribution < -0.4 is 10.2 Å². The number of carbonyl (C=O) groups is 1. The van der Waals surface area contributed by atoms with Crippen LogP contribution in [0.5, 0.6) is 0 Å². The van der Waals surface area contributed by atoms with Crippen LogP contribution >= 0.6 is 11.7 Å². The van der Waals surface area contributed by atoms with Gasteiger partial charge in [-0.05, 0) is 94.9 Å². The fraction of sp³-hybridized carbons (Fsp3) is 0.0851. The molecule has 0 saturated carbocycles. The number of nitrogens with one attached hydrogen (secondary N) is 1. The lowest BCUT2D eigenvalue weighted by Crippen LogP contribution is -2.12. The van der Waals surface area contributed by atoms with E-state index in [1.165, 1.54) is 17.3 Å². The first-order chi connectivity index (χ1) is 25.8. The molecule has 8 aromatic rings. The average Bonchev–Trinajstić information content (AvgIpc) is 3.70. The maximum atomic E-state index is 13.4. The van der Waals surface area contributed by atoms with Crippen molar-refractivity contribution in [3.8, 4) is 22.3 Å². The minimum absolute atomic E-state index is 0.0126. The minimum atomic E-state index is 0.0126. The number of carbonyl (C=O) groups excluding carboxylic acids is 1. The molecule has 0 amide bonds. The molecule has 0 aliphatic rings. The van der Waals surface area contributed by atoms with E-state index >= 15 is 0 Å². The molecule has 0 fully saturated rings. The van der Waals surface area contributed by atoms with Crippen LogP contribution in [0.1, 0.15) is 42.3 Å². The van der Waals surface area contributed by atoms with Crippen LogP contribution in [0.15, 0.2) is 170 Å². The van der Waals surface area contributed by atoms with E-state index < -0.39 is 0 Å². The SMILES string of the molecule is CC(C)(C)c1ccc(C(=O)c2ccc(N(c3ccccc3)c3ccc(-c4ccc(-c5ccc(Nc6ccccc6)cc5)c5nsnc45)cc3)cc2)cc1. The maximum absolute atomic E-state index is 13.4. The molecule has 53 heavy (non-hydrogen) atoms. The quantitative estimate of drug-likeness (QED) is 0.151. The molecule has 0 aliphatic carbocycles. The van der Waals surface area contributed by atoms with Crippen molar-refractivity contribution in [2.24, 2.45) is 0 Å². The molecule has 5 nitrogen and oxygen atoms in total. The van der Waals surface area contributed by atoms with Gasteiger partial charge < -0.3 is 10.2 Å². The van der Waals surface area contributed by atoms with Crippen LogP contribution in [0.3, 0.4) is 0 Å². The van der Waals surface area contributed by atoms with E-state index in [1.54, 1.807) is 0 Å². The zero-order valence-corrected chi connectivity index (χ0v) is 30.6. The summed E-state index contributed by atoms with van der Waals surface area (Å²) in [6.07, 6.45) is 0. The monoisotopic (exact) mass is 706 g/mol. The Morgan fingerprint density at radius 2 is 0.943 bits per heavy atom. The number of ketones is 1. The van der Waals surface area contributed by atoms with Crippen molar-refractivity contribution < 1.29 is 4.79 Å². The summed E-state index contributed by atoms with van der Waals surface area (Å²) in [5.41, 5.74) is 13.7. The Hall–Kier alpha value is -6.37. The highest BCUT2D eigenvalue weighted by molar-refractivity contribution is 7.00. The number of para-hydroxylation sites is 2. The molecule has 1 N–H and O–H groups in total. The molecule has 8 rings (SSSR count). The third-order valence-corrected chi connectivity index (χ3v) is 10.1. The third-order valence-electron chi connectivity index (χ3n) is 9.53. The molecule has 1 aromatic heterocycles. The number of fused-ring (bicyclic) bond motifs is 1. The largest absolute Gasteiger partial charge is 0.356 e. The topological polar surface area (TPSA) is 58.1 Å². The number of aromatic nitrogens is 2. The molecular formula is C47H38N4OS. The van der Waals surface area contributed by atoms with Crippen LogP contribution in [0.4, 0.5) is 28.4 Å². The van der Waals surface area contributed by atoms with Crippen molar-refractivity contribution in [3.05, 3.63) is 187 Å². The van der Waals surface area contributed by atoms with Gasteiger partial charge >= 0.3 is 0 Å². The van der Waals surface area contributed by atoms with Gasteiger partial charge in [0.15, 0.2) is 5.78 Å². The lowest BCUT2D eigenvalue weighted by atomic mass is 9.86. The van der Waals surface area contributed by atoms with Crippen molar-refractivity contribution >= 4 is 57.0 Å². The molecule has 0 unspecified atom stereocenters. The fourth-order valence-corrected chi connectivity index (χ4v) is 7.19. The Bertz CT molecular complexity index is 2490. The molecule has 258 valence electrons. The molecule has 0 saturated heterocycles. The lowest BCUT2D eigenvalue weighted by molar-refractivity contribution is 0.103. The second-order valence-electron chi connectivity index (χ2n) is 14.1. The first-order valence-corrected chi connectivity index (χ1v) is 18.4. The molecule has 1 heterocycles. The van der Waals surface area contributed by atoms with Crippen molar-refractivity contribution in [2.75, 3.05) is 10.2 Å². The molecule has 0 radical (unpaired) electrons. The van der Waals surface area contributed by atoms with Gasteiger partial charge in [0.25, 0.3) is 0 Å². The second-order valence-corrected chi connectivity index (χ2v) is 14.6. The maximum Gasteiger partial charge on any atom is 0.193 e. The predicted molar refractivity (Wildman–Crippen MR) is 221 cm³/mol. The van der Waals surface area contributed by atoms with Gasteiger partial charge in [0.2, 0.25) is 0 Å². The van der Waals surface area contributed by atoms with Crippen molar-refractivity contribution in [1.29, 1.82) is 0 Å². The van der Waals surface area contributed by atoms with Gasteiger partial charge in [0, 0.05) is 50.7 Å². The van der Waals surface area contributed by atoms with E-state index in [0.717, 1.165) is 61.7 Å². The number of rotatable bonds is 9. The van der Waals surface area contributed by atoms with Crippen LogP contribution in [0.25, 0.3) is 33.3 Å². The first kappa shape index (κ1) is 33.8. The van der Waals surface area contributed by atoms with Crippen molar-refractivity contribution in [3.63, 3.8) is 0 Å². The Kier molecular flexibility index (Phi) is 9.13. The van der Waals surface area contributed by atoms with Gasteiger partial charge in [0.05, 0.1) is 11.7 Å². The Labute approximate surface area is 314 Å². The lowest BCUT2D eigenvalue weighted by Gasteiger charge is -2.26. The highest BCUT2D eigenvalue weighted by Gasteiger charge is 2.18. The molecule has 0 atom stereocenters. The highest BCUT2D eigenvalue weighted by Crippen LogP contribution is 2.39. The predicted octanol–water partition coefficient (Wildman–Crippen LogP) is 12.8. The summed E-state index contributed by atoms with van der Waals surface area (Å²) in [6, 6.07) is 57.6. The number of hydrogen-bond acceptors (Lipinski definition) is 6. The van der Waals surface area contributed by atoms with E-state index in [1.807, 2.05) is 72.8 Å². The Morgan fingerprint density at radius 3 is 1.47 bits per heavy atom. The van der Waals surface area contributed by atoms with Gasteiger partial charge in [-0.2, -0.15) is 8.75 Å². The summed E-state index contributed by atoms with van der Waals surface area (Å²) in [5, 5.41) is 3.45. The van der Waals surface area contributed by atoms with Crippen LogP contribution in [0.2, 0.25) is 0 Å². The number of benzene rings is 7. The summed E-state index contributed by atoms with van der Waals surface area (Å²) in [5.74, 6) is 0.0126. The van der Waals surface area contributed by atoms with E-state index in [0.29, 0.717) is 11.1 Å². The molecular weight excluding hydrogens is 669 g/mol. The van der Waals surface area contributed by atoms with E-state index in [9.17, 15) is 4.79 Å². The number of hydrogen-bond donors (Lipinski definition) is 1. The molecule has 6 heteroatoms. The summed E-state index contributed by atoms with van der Waals surface area (Å²) in [4.78, 5) is 15.6. The normalized spacial score (nSPS) is 11.4. The Morgan fingerprint density at radius 1 is 0.509 bits per heavy atom. The van der Waals surface area contributed by atoms with Gasteiger partial charge in [-0.3, -0.25) is 4.79 Å². The van der Waals surface area contributed by atoms with E-state index in [2.05, 4.69) is 128 Å². The van der Waals surface area contributed by atoms with E-state index in [4.69, 9.17) is 8.75 Å². The van der Waals surface area contributed by atoms with Crippen LogP contribution in [-0.4, -0.2) is 14.5 Å². The van der Waals surface area contributed by atoms with Crippen molar-refractivity contribution in [1.82, 2.24) is 8.75 Å². The van der Waals surface area contributed by atoms with Crippen LogP contribution in [-0.2, 0) is 5.41 Å². The smallest absolute Gasteiger partial charge is 0.193 e. The second kappa shape index (κ2) is 14.3. The number of nitrogens with zero attached hydrogens (tertiary/aromatic N) is 3. The zero-order valence-electron chi connectivity index (χ0n) is 29.8. The summed E-state index contributed by atoms with van der Waals surface area (Å²) >= 11 is 1.24. The molecule has 7 aromatic carbocycles. The van der Waals surface area contributed by atoms with Gasteiger partial charge in [-0.1, -0.05) is 118 Å². The minimum Gasteiger partial charge on any atom is -0.356 e. The van der Waals surface area contributed by atoms with Crippen molar-refractivity contribution in [2.45, 2.75) is 26.2 Å². The third kappa shape index (κ3) is 7.10. The van der Waals surface area contributed by atoms with E-state index in [-0.39, 0.29) is 11.2 Å². The molecule has 0 bridgehead atoms. The summed E-state index contributed by atoms with van der Waals surface area (Å²) in [6.45, 7) is 6.53. The summed E-state index contributed by atoms with van der Waals surface area (Å²) in [7, 11) is 0. The number of anilines is 5. The zero-order chi connectivity index (χ0) is 36.4. The standard InChI is InChI=1S/C47H38N4OS/c1-47(2,3)36-22-14-34(15-23-36)46(52)35-20-28-41(29-21-35)51(39-12-8-5-9-13-39)40-26-18-33(19-27-40)43-31-30-42(44-45(43)50-53-49-44)32-16-24-38(25-17-32)48-37-10-6-4-7-11-37/h4-31,48H,1-3H3. The molecule has 0 spiro atoms. The van der Waals surface area contributed by atoms with Gasteiger partial charge in [-0.25, -0.2) is 0 Å². The van der Waals surface area contributed by atoms with Crippen LogP contribution in [0, 0.1) is 0 Å². The highest BCUT2D eigenvalue weighted by atomic mass is 32.1. The summed E-state index contributed by atoms with van der Waals surface area (Å²) < 4.78 is 9.48. The van der Waals surface area contributed by atoms with Gasteiger partial charge in [0.1, 0.15) is 11.0 Å². The first-order valence-electron chi connectivity index (χ1n) is 17.7. The average molecular weight is 707 g/mol.